The minimum absolute atomic E-state index is 0.175. The molecule has 0 unspecified atom stereocenters. The molecule has 0 radical (unpaired) electrons. The molecule has 3 rings (SSSR count). The fraction of sp³-hybridized carbons (Fsp3) is 0.333. The summed E-state index contributed by atoms with van der Waals surface area (Å²) in [7, 11) is 1.78. The minimum atomic E-state index is -0.573. The molecular formula is C21H27N7O2. The Morgan fingerprint density at radius 2 is 1.80 bits per heavy atom. The summed E-state index contributed by atoms with van der Waals surface area (Å²) in [6.45, 7) is 3.90. The lowest BCUT2D eigenvalue weighted by Crippen LogP contribution is -2.52. The third kappa shape index (κ3) is 5.69. The first-order valence-electron chi connectivity index (χ1n) is 9.84. The third-order valence-electron chi connectivity index (χ3n) is 4.85. The van der Waals surface area contributed by atoms with Crippen molar-refractivity contribution in [3.05, 3.63) is 59.8 Å². The van der Waals surface area contributed by atoms with Gasteiger partial charge in [-0.3, -0.25) is 14.6 Å². The Kier molecular flexibility index (Phi) is 7.20. The maximum Gasteiger partial charge on any atom is 0.251 e. The Morgan fingerprint density at radius 1 is 1.07 bits per heavy atom. The van der Waals surface area contributed by atoms with Crippen LogP contribution in [0.25, 0.3) is 0 Å². The van der Waals surface area contributed by atoms with E-state index in [1.165, 1.54) is 0 Å². The number of nitrogens with zero attached hydrogens (tertiary/aromatic N) is 4. The number of anilines is 1. The number of carbonyl (C=O) groups excluding carboxylic acids is 2. The molecule has 1 aromatic carbocycles. The van der Waals surface area contributed by atoms with Gasteiger partial charge in [-0.05, 0) is 29.8 Å². The number of amides is 2. The summed E-state index contributed by atoms with van der Waals surface area (Å²) in [6, 6.07) is 13.1. The molecule has 1 fully saturated rings. The molecule has 9 heteroatoms. The van der Waals surface area contributed by atoms with Gasteiger partial charge in [0.05, 0.1) is 6.54 Å². The van der Waals surface area contributed by atoms with Crippen LogP contribution in [-0.4, -0.2) is 67.4 Å². The predicted molar refractivity (Wildman–Crippen MR) is 116 cm³/mol. The van der Waals surface area contributed by atoms with Crippen molar-refractivity contribution in [3.8, 4) is 0 Å². The van der Waals surface area contributed by atoms with Crippen molar-refractivity contribution in [2.75, 3.05) is 44.7 Å². The maximum absolute atomic E-state index is 11.9. The topological polar surface area (TPSA) is 116 Å². The van der Waals surface area contributed by atoms with Gasteiger partial charge in [0.2, 0.25) is 5.91 Å². The fourth-order valence-electron chi connectivity index (χ4n) is 3.24. The van der Waals surface area contributed by atoms with E-state index in [-0.39, 0.29) is 12.5 Å². The van der Waals surface area contributed by atoms with Crippen LogP contribution in [0.4, 0.5) is 5.82 Å². The van der Waals surface area contributed by atoms with Gasteiger partial charge in [-0.1, -0.05) is 18.2 Å². The first kappa shape index (κ1) is 21.1. The zero-order valence-corrected chi connectivity index (χ0v) is 17.0. The third-order valence-corrected chi connectivity index (χ3v) is 4.85. The van der Waals surface area contributed by atoms with E-state index >= 15 is 0 Å². The van der Waals surface area contributed by atoms with E-state index in [9.17, 15) is 9.59 Å². The van der Waals surface area contributed by atoms with E-state index in [1.54, 1.807) is 19.2 Å². The summed E-state index contributed by atoms with van der Waals surface area (Å²) in [5.41, 5.74) is 6.54. The van der Waals surface area contributed by atoms with Gasteiger partial charge in [-0.25, -0.2) is 4.98 Å². The summed E-state index contributed by atoms with van der Waals surface area (Å²) >= 11 is 0. The van der Waals surface area contributed by atoms with Crippen LogP contribution in [-0.2, 0) is 11.3 Å². The second-order valence-electron chi connectivity index (χ2n) is 6.91. The van der Waals surface area contributed by atoms with Crippen molar-refractivity contribution < 1.29 is 9.59 Å². The lowest BCUT2D eigenvalue weighted by molar-refractivity contribution is -0.117. The Balaban J connectivity index is 1.49. The van der Waals surface area contributed by atoms with Crippen molar-refractivity contribution >= 4 is 23.6 Å². The average Bonchev–Trinajstić information content (AvgIpc) is 2.79. The quantitative estimate of drug-likeness (QED) is 0.464. The number of aliphatic imine (C=N–C) groups is 1. The number of guanidine groups is 1. The Bertz CT molecular complexity index is 876. The van der Waals surface area contributed by atoms with Crippen molar-refractivity contribution in [1.82, 2.24) is 20.5 Å². The molecule has 0 spiro atoms. The number of hydrogen-bond acceptors (Lipinski definition) is 5. The second kappa shape index (κ2) is 10.2. The molecule has 9 nitrogen and oxygen atoms in total. The molecule has 0 saturated carbocycles. The second-order valence-corrected chi connectivity index (χ2v) is 6.91. The first-order valence-corrected chi connectivity index (χ1v) is 9.84. The lowest BCUT2D eigenvalue weighted by atomic mass is 10.1. The molecule has 2 heterocycles. The van der Waals surface area contributed by atoms with E-state index < -0.39 is 5.91 Å². The van der Waals surface area contributed by atoms with Crippen LogP contribution in [0.2, 0.25) is 0 Å². The average molecular weight is 409 g/mol. The summed E-state index contributed by atoms with van der Waals surface area (Å²) < 4.78 is 0. The van der Waals surface area contributed by atoms with Gasteiger partial charge >= 0.3 is 0 Å². The van der Waals surface area contributed by atoms with Crippen LogP contribution in [0.3, 0.4) is 0 Å². The zero-order valence-electron chi connectivity index (χ0n) is 17.0. The fourth-order valence-corrected chi connectivity index (χ4v) is 3.24. The predicted octanol–water partition coefficient (Wildman–Crippen LogP) is 0.194. The summed E-state index contributed by atoms with van der Waals surface area (Å²) in [5.74, 6) is 0.949. The van der Waals surface area contributed by atoms with E-state index in [0.717, 1.165) is 43.5 Å². The summed E-state index contributed by atoms with van der Waals surface area (Å²) in [4.78, 5) is 36.0. The van der Waals surface area contributed by atoms with Gasteiger partial charge < -0.3 is 26.2 Å². The molecule has 30 heavy (non-hydrogen) atoms. The molecule has 1 aliphatic heterocycles. The molecule has 1 aliphatic rings. The van der Waals surface area contributed by atoms with Crippen LogP contribution in [0.15, 0.2) is 53.7 Å². The van der Waals surface area contributed by atoms with Crippen molar-refractivity contribution in [2.45, 2.75) is 6.54 Å². The molecule has 0 aliphatic carbocycles. The number of primary amides is 1. The Hall–Kier alpha value is -3.62. The Labute approximate surface area is 176 Å². The van der Waals surface area contributed by atoms with Gasteiger partial charge in [-0.2, -0.15) is 0 Å². The number of nitrogens with two attached hydrogens (primary N) is 1. The first-order chi connectivity index (χ1) is 14.6. The van der Waals surface area contributed by atoms with Crippen LogP contribution < -0.4 is 21.3 Å². The van der Waals surface area contributed by atoms with E-state index in [4.69, 9.17) is 5.73 Å². The van der Waals surface area contributed by atoms with Crippen LogP contribution in [0.5, 0.6) is 0 Å². The number of hydrogen-bond donors (Lipinski definition) is 3. The summed E-state index contributed by atoms with van der Waals surface area (Å²) in [5, 5.41) is 5.85. The highest BCUT2D eigenvalue weighted by molar-refractivity contribution is 5.96. The number of pyridine rings is 1. The molecule has 1 aromatic heterocycles. The van der Waals surface area contributed by atoms with Gasteiger partial charge in [-0.15, -0.1) is 0 Å². The van der Waals surface area contributed by atoms with Gasteiger partial charge in [0.1, 0.15) is 5.82 Å². The number of benzene rings is 1. The van der Waals surface area contributed by atoms with Gasteiger partial charge in [0, 0.05) is 51.5 Å². The molecule has 158 valence electrons. The smallest absolute Gasteiger partial charge is 0.251 e. The van der Waals surface area contributed by atoms with Crippen LogP contribution >= 0.6 is 0 Å². The highest BCUT2D eigenvalue weighted by atomic mass is 16.2. The summed E-state index contributed by atoms with van der Waals surface area (Å²) in [6.07, 6.45) is 1.81. The van der Waals surface area contributed by atoms with Crippen LogP contribution in [0, 0.1) is 0 Å². The molecule has 2 amide bonds. The maximum atomic E-state index is 11.9. The standard InChI is InChI=1S/C21H27N7O2/c1-23-21(28-12-10-27(11-13-28)19-4-2-3-9-24-19)26-14-16-5-7-17(8-6-16)20(30)25-15-18(22)29/h2-9H,10-15H2,1H3,(H2,22,29)(H,23,26)(H,25,30). The van der Waals surface area contributed by atoms with Crippen molar-refractivity contribution in [2.24, 2.45) is 10.7 Å². The lowest BCUT2D eigenvalue weighted by Gasteiger charge is -2.37. The van der Waals surface area contributed by atoms with Crippen LogP contribution in [0.1, 0.15) is 15.9 Å². The molecule has 0 bridgehead atoms. The molecule has 2 aromatic rings. The number of aromatic nitrogens is 1. The normalized spacial score (nSPS) is 14.4. The number of rotatable bonds is 6. The molecule has 0 atom stereocenters. The molecular weight excluding hydrogens is 382 g/mol. The number of piperazine rings is 1. The number of carbonyl (C=O) groups is 2. The minimum Gasteiger partial charge on any atom is -0.368 e. The van der Waals surface area contributed by atoms with E-state index in [2.05, 4.69) is 30.4 Å². The zero-order chi connectivity index (χ0) is 21.3. The van der Waals surface area contributed by atoms with Gasteiger partial charge in [0.15, 0.2) is 5.96 Å². The molecule has 4 N–H and O–H groups in total. The van der Waals surface area contributed by atoms with Crippen molar-refractivity contribution in [1.29, 1.82) is 0 Å². The SMILES string of the molecule is CN=C(NCc1ccc(C(=O)NCC(N)=O)cc1)N1CCN(c2ccccn2)CC1. The van der Waals surface area contributed by atoms with E-state index in [1.807, 2.05) is 36.5 Å². The monoisotopic (exact) mass is 409 g/mol. The molecule has 1 saturated heterocycles. The highest BCUT2D eigenvalue weighted by Gasteiger charge is 2.20. The van der Waals surface area contributed by atoms with Crippen molar-refractivity contribution in [3.63, 3.8) is 0 Å². The van der Waals surface area contributed by atoms with E-state index in [0.29, 0.717) is 12.1 Å². The van der Waals surface area contributed by atoms with Gasteiger partial charge in [0.25, 0.3) is 5.91 Å². The number of nitrogens with one attached hydrogen (secondary N) is 2. The Morgan fingerprint density at radius 3 is 2.40 bits per heavy atom. The largest absolute Gasteiger partial charge is 0.368 e. The highest BCUT2D eigenvalue weighted by Crippen LogP contribution is 2.12.